The number of hydrogen-bond acceptors (Lipinski definition) is 3. The van der Waals surface area contributed by atoms with Crippen molar-refractivity contribution in [1.29, 1.82) is 0 Å². The highest BCUT2D eigenvalue weighted by Gasteiger charge is 2.31. The number of hydrogen-bond donors (Lipinski definition) is 0. The van der Waals surface area contributed by atoms with E-state index < -0.39 is 0 Å². The van der Waals surface area contributed by atoms with Gasteiger partial charge in [0.2, 0.25) is 0 Å². The molecule has 1 atom stereocenters. The third-order valence-electron chi connectivity index (χ3n) is 4.61. The Kier molecular flexibility index (Phi) is 6.07. The Morgan fingerprint density at radius 3 is 2.64 bits per heavy atom. The van der Waals surface area contributed by atoms with Gasteiger partial charge in [0, 0.05) is 17.6 Å². The van der Waals surface area contributed by atoms with Crippen molar-refractivity contribution in [3.8, 4) is 11.5 Å². The van der Waals surface area contributed by atoms with Crippen LogP contribution in [0.25, 0.3) is 0 Å². The SMILES string of the molecule is CCCN(C(CC)CC)C1COc2c(F)ccc(OC)c2C1. The molecule has 1 aromatic carbocycles. The molecule has 1 aromatic rings. The molecule has 1 unspecified atom stereocenters. The van der Waals surface area contributed by atoms with Gasteiger partial charge in [0.15, 0.2) is 11.6 Å². The van der Waals surface area contributed by atoms with Crippen LogP contribution in [0.4, 0.5) is 4.39 Å². The van der Waals surface area contributed by atoms with Crippen LogP contribution in [0, 0.1) is 5.82 Å². The van der Waals surface area contributed by atoms with E-state index in [-0.39, 0.29) is 11.9 Å². The first-order valence-electron chi connectivity index (χ1n) is 8.40. The highest BCUT2D eigenvalue weighted by atomic mass is 19.1. The van der Waals surface area contributed by atoms with Crippen LogP contribution in [0.5, 0.6) is 11.5 Å². The van der Waals surface area contributed by atoms with E-state index in [1.54, 1.807) is 13.2 Å². The van der Waals surface area contributed by atoms with E-state index in [9.17, 15) is 4.39 Å². The van der Waals surface area contributed by atoms with Crippen LogP contribution in [-0.2, 0) is 6.42 Å². The van der Waals surface area contributed by atoms with Crippen molar-refractivity contribution < 1.29 is 13.9 Å². The number of benzene rings is 1. The van der Waals surface area contributed by atoms with Crippen molar-refractivity contribution in [3.05, 3.63) is 23.5 Å². The summed E-state index contributed by atoms with van der Waals surface area (Å²) in [6, 6.07) is 3.95. The zero-order chi connectivity index (χ0) is 16.1. The van der Waals surface area contributed by atoms with Gasteiger partial charge in [-0.3, -0.25) is 4.90 Å². The summed E-state index contributed by atoms with van der Waals surface area (Å²) in [4.78, 5) is 2.54. The topological polar surface area (TPSA) is 21.7 Å². The van der Waals surface area contributed by atoms with E-state index >= 15 is 0 Å². The highest BCUT2D eigenvalue weighted by molar-refractivity contribution is 5.47. The number of fused-ring (bicyclic) bond motifs is 1. The van der Waals surface area contributed by atoms with E-state index in [2.05, 4.69) is 25.7 Å². The van der Waals surface area contributed by atoms with Crippen LogP contribution >= 0.6 is 0 Å². The summed E-state index contributed by atoms with van der Waals surface area (Å²) >= 11 is 0. The lowest BCUT2D eigenvalue weighted by Crippen LogP contribution is -2.48. The minimum Gasteiger partial charge on any atom is -0.496 e. The van der Waals surface area contributed by atoms with Crippen molar-refractivity contribution in [3.63, 3.8) is 0 Å². The molecular weight excluding hydrogens is 281 g/mol. The van der Waals surface area contributed by atoms with E-state index in [4.69, 9.17) is 9.47 Å². The minimum absolute atomic E-state index is 0.285. The number of methoxy groups -OCH3 is 1. The summed E-state index contributed by atoms with van der Waals surface area (Å²) in [7, 11) is 1.63. The van der Waals surface area contributed by atoms with Gasteiger partial charge in [-0.25, -0.2) is 4.39 Å². The maximum atomic E-state index is 14.0. The fraction of sp³-hybridized carbons (Fsp3) is 0.667. The first-order chi connectivity index (χ1) is 10.7. The summed E-state index contributed by atoms with van der Waals surface area (Å²) in [6.45, 7) is 8.26. The van der Waals surface area contributed by atoms with Crippen LogP contribution in [-0.4, -0.2) is 37.2 Å². The largest absolute Gasteiger partial charge is 0.496 e. The monoisotopic (exact) mass is 309 g/mol. The minimum atomic E-state index is -0.293. The second-order valence-electron chi connectivity index (χ2n) is 5.93. The van der Waals surface area contributed by atoms with Crippen molar-refractivity contribution >= 4 is 0 Å². The number of nitrogens with zero attached hydrogens (tertiary/aromatic N) is 1. The van der Waals surface area contributed by atoms with Crippen molar-refractivity contribution in [2.75, 3.05) is 20.3 Å². The summed E-state index contributed by atoms with van der Waals surface area (Å²) < 4.78 is 25.1. The molecule has 0 fully saturated rings. The number of halogens is 1. The number of ether oxygens (including phenoxy) is 2. The van der Waals surface area contributed by atoms with Crippen LogP contribution < -0.4 is 9.47 Å². The molecule has 0 spiro atoms. The van der Waals surface area contributed by atoms with Gasteiger partial charge in [-0.2, -0.15) is 0 Å². The van der Waals surface area contributed by atoms with Gasteiger partial charge in [0.1, 0.15) is 12.4 Å². The van der Waals surface area contributed by atoms with Crippen molar-refractivity contribution in [2.45, 2.75) is 58.5 Å². The van der Waals surface area contributed by atoms with Gasteiger partial charge in [-0.05, 0) is 44.4 Å². The summed E-state index contributed by atoms with van der Waals surface area (Å²) in [6.07, 6.45) is 4.15. The third kappa shape index (κ3) is 3.37. The van der Waals surface area contributed by atoms with E-state index in [0.29, 0.717) is 18.4 Å². The molecule has 0 saturated carbocycles. The van der Waals surface area contributed by atoms with Gasteiger partial charge in [-0.1, -0.05) is 20.8 Å². The molecule has 4 heteroatoms. The third-order valence-corrected chi connectivity index (χ3v) is 4.61. The molecule has 1 heterocycles. The molecule has 0 aromatic heterocycles. The molecule has 0 aliphatic carbocycles. The van der Waals surface area contributed by atoms with Gasteiger partial charge in [0.25, 0.3) is 0 Å². The molecule has 22 heavy (non-hydrogen) atoms. The molecule has 0 amide bonds. The van der Waals surface area contributed by atoms with E-state index in [0.717, 1.165) is 43.5 Å². The molecule has 0 radical (unpaired) electrons. The van der Waals surface area contributed by atoms with Crippen LogP contribution in [0.2, 0.25) is 0 Å². The first-order valence-corrected chi connectivity index (χ1v) is 8.40. The van der Waals surface area contributed by atoms with Gasteiger partial charge < -0.3 is 9.47 Å². The Labute approximate surface area is 133 Å². The summed E-state index contributed by atoms with van der Waals surface area (Å²) in [5.74, 6) is 0.803. The predicted octanol–water partition coefficient (Wildman–Crippen LogP) is 4.04. The standard InChI is InChI=1S/C18H28FNO2/c1-5-10-20(13(6-2)7-3)14-11-15-17(21-4)9-8-16(19)18(15)22-12-14/h8-9,13-14H,5-7,10-12H2,1-4H3. The Morgan fingerprint density at radius 1 is 1.32 bits per heavy atom. The van der Waals surface area contributed by atoms with E-state index in [1.165, 1.54) is 6.07 Å². The lowest BCUT2D eigenvalue weighted by Gasteiger charge is -2.40. The molecule has 124 valence electrons. The normalized spacial score (nSPS) is 17.5. The Morgan fingerprint density at radius 2 is 2.05 bits per heavy atom. The molecule has 1 aliphatic heterocycles. The van der Waals surface area contributed by atoms with Gasteiger partial charge in [-0.15, -0.1) is 0 Å². The lowest BCUT2D eigenvalue weighted by atomic mass is 9.97. The first kappa shape index (κ1) is 17.1. The Bertz CT molecular complexity index is 488. The van der Waals surface area contributed by atoms with Crippen LogP contribution in [0.3, 0.4) is 0 Å². The summed E-state index contributed by atoms with van der Waals surface area (Å²) in [5, 5.41) is 0. The van der Waals surface area contributed by atoms with Crippen LogP contribution in [0.1, 0.15) is 45.6 Å². The predicted molar refractivity (Wildman–Crippen MR) is 87.3 cm³/mol. The second kappa shape index (κ2) is 7.82. The van der Waals surface area contributed by atoms with Gasteiger partial charge in [0.05, 0.1) is 7.11 Å². The average Bonchev–Trinajstić information content (AvgIpc) is 2.55. The fourth-order valence-corrected chi connectivity index (χ4v) is 3.49. The molecule has 0 N–H and O–H groups in total. The Balaban J connectivity index is 2.27. The fourth-order valence-electron chi connectivity index (χ4n) is 3.49. The summed E-state index contributed by atoms with van der Waals surface area (Å²) in [5.41, 5.74) is 0.866. The zero-order valence-corrected chi connectivity index (χ0v) is 14.2. The maximum Gasteiger partial charge on any atom is 0.165 e. The lowest BCUT2D eigenvalue weighted by molar-refractivity contribution is 0.0725. The number of rotatable bonds is 7. The molecule has 1 aliphatic rings. The molecule has 3 nitrogen and oxygen atoms in total. The van der Waals surface area contributed by atoms with Gasteiger partial charge >= 0.3 is 0 Å². The second-order valence-corrected chi connectivity index (χ2v) is 5.93. The highest BCUT2D eigenvalue weighted by Crippen LogP contribution is 2.36. The quantitative estimate of drug-likeness (QED) is 0.759. The average molecular weight is 309 g/mol. The molecular formula is C18H28FNO2. The van der Waals surface area contributed by atoms with Crippen molar-refractivity contribution in [2.24, 2.45) is 0 Å². The van der Waals surface area contributed by atoms with Crippen LogP contribution in [0.15, 0.2) is 12.1 Å². The molecule has 2 rings (SSSR count). The smallest absolute Gasteiger partial charge is 0.165 e. The van der Waals surface area contributed by atoms with E-state index in [1.807, 2.05) is 0 Å². The zero-order valence-electron chi connectivity index (χ0n) is 14.2. The molecule has 0 bridgehead atoms. The van der Waals surface area contributed by atoms with Crippen molar-refractivity contribution in [1.82, 2.24) is 4.90 Å². The maximum absolute atomic E-state index is 14.0. The Hall–Kier alpha value is -1.29. The molecule has 0 saturated heterocycles.